The van der Waals surface area contributed by atoms with Gasteiger partial charge in [0.1, 0.15) is 5.69 Å². The van der Waals surface area contributed by atoms with Crippen molar-refractivity contribution in [1.29, 1.82) is 0 Å². The summed E-state index contributed by atoms with van der Waals surface area (Å²) in [7, 11) is 0. The van der Waals surface area contributed by atoms with Crippen LogP contribution in [0.1, 0.15) is 18.3 Å². The number of hydrogen-bond donors (Lipinski definition) is 1. The first-order chi connectivity index (χ1) is 5.20. The molecule has 0 fully saturated rings. The first kappa shape index (κ1) is 8.56. The summed E-state index contributed by atoms with van der Waals surface area (Å²) >= 11 is 5.85. The highest BCUT2D eigenvalue weighted by atomic mass is 35.5. The Labute approximate surface area is 70.6 Å². The van der Waals surface area contributed by atoms with Crippen molar-refractivity contribution in [3.8, 4) is 0 Å². The van der Waals surface area contributed by atoms with E-state index in [2.05, 4.69) is 5.10 Å². The first-order valence-electron chi connectivity index (χ1n) is 3.53. The fraction of sp³-hybridized carbons (Fsp3) is 0.571. The first-order valence-corrected chi connectivity index (χ1v) is 3.91. The van der Waals surface area contributed by atoms with Crippen molar-refractivity contribution in [3.63, 3.8) is 0 Å². The van der Waals surface area contributed by atoms with E-state index in [9.17, 15) is 0 Å². The molecule has 0 radical (unpaired) electrons. The second-order valence-electron chi connectivity index (χ2n) is 2.32. The molecule has 1 N–H and O–H groups in total. The Morgan fingerprint density at radius 3 is 2.55 bits per heavy atom. The van der Waals surface area contributed by atoms with Crippen LogP contribution in [0, 0.1) is 6.92 Å². The van der Waals surface area contributed by atoms with Gasteiger partial charge in [-0.05, 0) is 13.8 Å². The molecular weight excluding hydrogens is 164 g/mol. The zero-order valence-electron chi connectivity index (χ0n) is 6.63. The molecule has 3 nitrogen and oxygen atoms in total. The molecule has 0 aliphatic carbocycles. The molecule has 0 aromatic carbocycles. The Morgan fingerprint density at radius 2 is 2.27 bits per heavy atom. The van der Waals surface area contributed by atoms with E-state index in [0.717, 1.165) is 12.2 Å². The molecule has 1 aromatic heterocycles. The van der Waals surface area contributed by atoms with Gasteiger partial charge in [0.15, 0.2) is 0 Å². The highest BCUT2D eigenvalue weighted by molar-refractivity contribution is 6.31. The summed E-state index contributed by atoms with van der Waals surface area (Å²) in [6, 6.07) is 0. The Bertz CT molecular complexity index is 233. The van der Waals surface area contributed by atoms with Gasteiger partial charge in [-0.2, -0.15) is 5.10 Å². The van der Waals surface area contributed by atoms with Crippen LogP contribution < -0.4 is 0 Å². The molecule has 0 unspecified atom stereocenters. The van der Waals surface area contributed by atoms with Gasteiger partial charge >= 0.3 is 0 Å². The third kappa shape index (κ3) is 1.39. The van der Waals surface area contributed by atoms with E-state index < -0.39 is 0 Å². The van der Waals surface area contributed by atoms with Gasteiger partial charge in [-0.25, -0.2) is 0 Å². The standard InChI is InChI=1S/C7H11ClN2O/c1-3-10-5(2)7(8)6(4-11)9-10/h11H,3-4H2,1-2H3. The minimum Gasteiger partial charge on any atom is -0.390 e. The summed E-state index contributed by atoms with van der Waals surface area (Å²) in [5.41, 5.74) is 1.48. The number of nitrogens with zero attached hydrogens (tertiary/aromatic N) is 2. The van der Waals surface area contributed by atoms with Crippen molar-refractivity contribution in [2.24, 2.45) is 0 Å². The molecule has 0 atom stereocenters. The van der Waals surface area contributed by atoms with Crippen molar-refractivity contribution >= 4 is 11.6 Å². The number of aromatic nitrogens is 2. The lowest BCUT2D eigenvalue weighted by Crippen LogP contribution is -1.98. The molecule has 0 spiro atoms. The third-order valence-electron chi connectivity index (χ3n) is 1.65. The van der Waals surface area contributed by atoms with E-state index in [1.54, 1.807) is 4.68 Å². The Hall–Kier alpha value is -0.540. The fourth-order valence-corrected chi connectivity index (χ4v) is 1.19. The monoisotopic (exact) mass is 174 g/mol. The van der Waals surface area contributed by atoms with Crippen LogP contribution in [-0.4, -0.2) is 14.9 Å². The minimum absolute atomic E-state index is 0.0906. The largest absolute Gasteiger partial charge is 0.390 e. The van der Waals surface area contributed by atoms with Crippen LogP contribution in [-0.2, 0) is 13.2 Å². The van der Waals surface area contributed by atoms with Gasteiger partial charge in [-0.1, -0.05) is 11.6 Å². The van der Waals surface area contributed by atoms with Gasteiger partial charge in [0.05, 0.1) is 17.3 Å². The highest BCUT2D eigenvalue weighted by Crippen LogP contribution is 2.19. The third-order valence-corrected chi connectivity index (χ3v) is 2.14. The van der Waals surface area contributed by atoms with E-state index >= 15 is 0 Å². The zero-order chi connectivity index (χ0) is 8.43. The predicted molar refractivity (Wildman–Crippen MR) is 43.6 cm³/mol. The molecule has 0 saturated carbocycles. The topological polar surface area (TPSA) is 38.0 Å². The average Bonchev–Trinajstić information content (AvgIpc) is 2.30. The Morgan fingerprint density at radius 1 is 1.64 bits per heavy atom. The van der Waals surface area contributed by atoms with Crippen molar-refractivity contribution < 1.29 is 5.11 Å². The van der Waals surface area contributed by atoms with Gasteiger partial charge in [0.25, 0.3) is 0 Å². The summed E-state index contributed by atoms with van der Waals surface area (Å²) in [5.74, 6) is 0. The van der Waals surface area contributed by atoms with Crippen molar-refractivity contribution in [2.45, 2.75) is 27.0 Å². The maximum atomic E-state index is 8.79. The molecule has 0 bridgehead atoms. The summed E-state index contributed by atoms with van der Waals surface area (Å²) in [6.45, 7) is 4.56. The lowest BCUT2D eigenvalue weighted by atomic mass is 10.4. The van der Waals surface area contributed by atoms with Gasteiger partial charge in [0, 0.05) is 6.54 Å². The molecule has 1 aromatic rings. The van der Waals surface area contributed by atoms with Gasteiger partial charge < -0.3 is 5.11 Å². The maximum Gasteiger partial charge on any atom is 0.107 e. The highest BCUT2D eigenvalue weighted by Gasteiger charge is 2.09. The molecule has 0 aliphatic heterocycles. The molecule has 62 valence electrons. The van der Waals surface area contributed by atoms with Crippen LogP contribution in [0.3, 0.4) is 0 Å². The second-order valence-corrected chi connectivity index (χ2v) is 2.70. The minimum atomic E-state index is -0.0906. The van der Waals surface area contributed by atoms with E-state index in [0.29, 0.717) is 10.7 Å². The SMILES string of the molecule is CCn1nc(CO)c(Cl)c1C. The van der Waals surface area contributed by atoms with Crippen LogP contribution in [0.4, 0.5) is 0 Å². The molecule has 0 saturated heterocycles. The Balaban J connectivity index is 3.12. The van der Waals surface area contributed by atoms with E-state index in [-0.39, 0.29) is 6.61 Å². The van der Waals surface area contributed by atoms with Gasteiger partial charge in [-0.15, -0.1) is 0 Å². The smallest absolute Gasteiger partial charge is 0.107 e. The number of aryl methyl sites for hydroxylation is 1. The van der Waals surface area contributed by atoms with Crippen molar-refractivity contribution in [2.75, 3.05) is 0 Å². The molecular formula is C7H11ClN2O. The summed E-state index contributed by atoms with van der Waals surface area (Å²) in [4.78, 5) is 0. The molecule has 0 amide bonds. The number of hydrogen-bond acceptors (Lipinski definition) is 2. The maximum absolute atomic E-state index is 8.79. The van der Waals surface area contributed by atoms with E-state index in [1.165, 1.54) is 0 Å². The molecule has 1 rings (SSSR count). The lowest BCUT2D eigenvalue weighted by molar-refractivity contribution is 0.275. The number of aliphatic hydroxyl groups is 1. The number of aliphatic hydroxyl groups excluding tert-OH is 1. The summed E-state index contributed by atoms with van der Waals surface area (Å²) in [6.07, 6.45) is 0. The lowest BCUT2D eigenvalue weighted by Gasteiger charge is -1.96. The normalized spacial score (nSPS) is 10.5. The molecule has 0 aliphatic rings. The van der Waals surface area contributed by atoms with Crippen LogP contribution in [0.25, 0.3) is 0 Å². The van der Waals surface area contributed by atoms with Crippen LogP contribution in [0.2, 0.25) is 5.02 Å². The molecule has 4 heteroatoms. The predicted octanol–water partition coefficient (Wildman–Crippen LogP) is 1.36. The van der Waals surface area contributed by atoms with Crippen molar-refractivity contribution in [1.82, 2.24) is 9.78 Å². The van der Waals surface area contributed by atoms with Crippen molar-refractivity contribution in [3.05, 3.63) is 16.4 Å². The molecule has 11 heavy (non-hydrogen) atoms. The van der Waals surface area contributed by atoms with Crippen LogP contribution in [0.15, 0.2) is 0 Å². The van der Waals surface area contributed by atoms with E-state index in [4.69, 9.17) is 16.7 Å². The molecule has 1 heterocycles. The van der Waals surface area contributed by atoms with Gasteiger partial charge in [0.2, 0.25) is 0 Å². The second kappa shape index (κ2) is 3.24. The fourth-order valence-electron chi connectivity index (χ4n) is 0.996. The number of rotatable bonds is 2. The van der Waals surface area contributed by atoms with Crippen LogP contribution in [0.5, 0.6) is 0 Å². The van der Waals surface area contributed by atoms with E-state index in [1.807, 2.05) is 13.8 Å². The summed E-state index contributed by atoms with van der Waals surface area (Å²) < 4.78 is 1.77. The van der Waals surface area contributed by atoms with Crippen LogP contribution >= 0.6 is 11.6 Å². The average molecular weight is 175 g/mol. The Kier molecular flexibility index (Phi) is 2.52. The quantitative estimate of drug-likeness (QED) is 0.735. The zero-order valence-corrected chi connectivity index (χ0v) is 7.39. The van der Waals surface area contributed by atoms with Gasteiger partial charge in [-0.3, -0.25) is 4.68 Å². The summed E-state index contributed by atoms with van der Waals surface area (Å²) in [5, 5.41) is 13.5. The number of halogens is 1.